The molecule has 0 saturated heterocycles. The Bertz CT molecular complexity index is 1780. The molecule has 1 radical (unpaired) electrons. The maximum absolute atomic E-state index is 7.32. The summed E-state index contributed by atoms with van der Waals surface area (Å²) in [6.07, 6.45) is 0. The van der Waals surface area contributed by atoms with Gasteiger partial charge in [-0.3, -0.25) is 0 Å². The van der Waals surface area contributed by atoms with Crippen LogP contribution in [-0.4, -0.2) is 46.4 Å². The first kappa shape index (κ1) is 55.0. The van der Waals surface area contributed by atoms with Crippen LogP contribution in [0.25, 0.3) is 0 Å². The van der Waals surface area contributed by atoms with Crippen LogP contribution in [0, 0.1) is 51.7 Å². The van der Waals surface area contributed by atoms with Crippen LogP contribution in [0.4, 0.5) is 0 Å². The summed E-state index contributed by atoms with van der Waals surface area (Å²) in [6.45, 7) is 45.3. The van der Waals surface area contributed by atoms with Crippen molar-refractivity contribution in [3.63, 3.8) is 0 Å². The van der Waals surface area contributed by atoms with Crippen molar-refractivity contribution in [2.75, 3.05) is 0 Å². The Morgan fingerprint density at radius 2 is 0.650 bits per heavy atom. The molecule has 5 heterocycles. The second-order valence-corrected chi connectivity index (χ2v) is 19.1. The topological polar surface area (TPSA) is 131 Å². The molecule has 331 valence electrons. The molecule has 0 aliphatic carbocycles. The first-order valence-electron chi connectivity index (χ1n) is 22.2. The minimum absolute atomic E-state index is 0. The van der Waals surface area contributed by atoms with Crippen molar-refractivity contribution < 1.29 is 40.4 Å². The van der Waals surface area contributed by atoms with E-state index in [0.29, 0.717) is 59.2 Å². The molecule has 0 fully saturated rings. The zero-order valence-electron chi connectivity index (χ0n) is 41.2. The summed E-state index contributed by atoms with van der Waals surface area (Å²) in [6, 6.07) is 12.8. The summed E-state index contributed by atoms with van der Waals surface area (Å²) in [5.41, 5.74) is 11.6. The number of aromatic nitrogens is 10. The van der Waals surface area contributed by atoms with Gasteiger partial charge in [0.25, 0.3) is 0 Å². The smallest absolute Gasteiger partial charge is 0.578 e. The average molecular weight is 959 g/mol. The third-order valence-electron chi connectivity index (χ3n) is 10.4. The van der Waals surface area contributed by atoms with Crippen LogP contribution in [0.5, 0.6) is 0 Å². The molecule has 0 amide bonds. The Morgan fingerprint density at radius 1 is 0.417 bits per heavy atom. The Morgan fingerprint density at radius 3 is 0.800 bits per heavy atom. The molecule has 0 N–H and O–H groups in total. The molecule has 0 aromatic carbocycles. The second-order valence-electron chi connectivity index (χ2n) is 19.1. The summed E-state index contributed by atoms with van der Waals surface area (Å²) >= 11 is 0. The summed E-state index contributed by atoms with van der Waals surface area (Å²) in [5, 5.41) is 39.3. The first-order chi connectivity index (χ1) is 27.5. The standard InChI is InChI=1S/C27H46BN6.2C9H15N2.C2H3N.Sm/c1-16(2)22-13-25(19(7)8)32(29-22)28(33-26(20(9)10)14-23(30-33)17(3)4)34-27(21(11)12)15-24(31-34)18(5)6;2*1-6(2)8-5-9(7(3)4)11-10-8;1-2-3;/h13-21,28H,1-12H3;2*5-7H,1-4H3;1H3;/q3*-1;;+3. The monoisotopic (exact) mass is 961 g/mol. The maximum Gasteiger partial charge on any atom is 3.00 e. The van der Waals surface area contributed by atoms with Crippen molar-refractivity contribution in [2.45, 2.75) is 205 Å². The van der Waals surface area contributed by atoms with Crippen LogP contribution >= 0.6 is 0 Å². The van der Waals surface area contributed by atoms with Gasteiger partial charge in [-0.2, -0.15) is 5.26 Å². The Labute approximate surface area is 397 Å². The Kier molecular flexibility index (Phi) is 23.0. The first-order valence-corrected chi connectivity index (χ1v) is 22.2. The Hall–Kier alpha value is -3.06. The molecule has 13 heteroatoms. The van der Waals surface area contributed by atoms with Gasteiger partial charge in [0, 0.05) is 35.4 Å². The number of hydrogen-bond acceptors (Lipinski definition) is 6. The molecule has 0 spiro atoms. The van der Waals surface area contributed by atoms with Crippen LogP contribution < -0.4 is 10.2 Å². The molecule has 0 bridgehead atoms. The number of nitriles is 1. The molecule has 60 heavy (non-hydrogen) atoms. The van der Waals surface area contributed by atoms with E-state index in [1.807, 2.05) is 0 Å². The predicted molar refractivity (Wildman–Crippen MR) is 247 cm³/mol. The molecule has 0 saturated carbocycles. The molecule has 0 aliphatic rings. The SMILES string of the molecule is CC#N.CC(C)c1cc(C(C)C)[n-]n1.CC(C)c1cc(C(C)C)[n-]n1.CC(C)c1cc(C(C)C)n([BH-](n2nc(C(C)C)cc2C(C)C)n2nc(C(C)C)cc2C(C)C)n1.[Sm+3]. The van der Waals surface area contributed by atoms with Crippen molar-refractivity contribution in [1.29, 1.82) is 5.26 Å². The van der Waals surface area contributed by atoms with Gasteiger partial charge in [0.1, 0.15) is 0 Å². The summed E-state index contributed by atoms with van der Waals surface area (Å²) in [4.78, 5) is 0. The van der Waals surface area contributed by atoms with Crippen molar-refractivity contribution in [3.8, 4) is 6.07 Å². The van der Waals surface area contributed by atoms with Crippen molar-refractivity contribution in [3.05, 3.63) is 87.3 Å². The van der Waals surface area contributed by atoms with E-state index in [2.05, 4.69) is 203 Å². The van der Waals surface area contributed by atoms with E-state index in [4.69, 9.17) is 20.6 Å². The van der Waals surface area contributed by atoms with E-state index >= 15 is 0 Å². The van der Waals surface area contributed by atoms with E-state index in [0.717, 1.165) is 39.9 Å². The van der Waals surface area contributed by atoms with Crippen LogP contribution in [0.3, 0.4) is 0 Å². The fourth-order valence-corrected chi connectivity index (χ4v) is 6.43. The third-order valence-corrected chi connectivity index (χ3v) is 10.4. The molecule has 0 unspecified atom stereocenters. The Balaban J connectivity index is 0.000000561. The number of rotatable bonds is 13. The summed E-state index contributed by atoms with van der Waals surface area (Å²) < 4.78 is 6.81. The van der Waals surface area contributed by atoms with E-state index in [1.165, 1.54) is 24.0 Å². The fourth-order valence-electron chi connectivity index (χ4n) is 6.43. The third kappa shape index (κ3) is 15.1. The molecule has 0 atom stereocenters. The van der Waals surface area contributed by atoms with Gasteiger partial charge >= 0.3 is 47.5 Å². The fraction of sp³-hybridized carbons (Fsp3) is 0.660. The normalized spacial score (nSPS) is 11.6. The summed E-state index contributed by atoms with van der Waals surface area (Å²) in [5.74, 6) is 4.11. The number of nitrogens with zero attached hydrogens (tertiary/aromatic N) is 11. The average Bonchev–Trinajstić information content (AvgIpc) is 3.97. The van der Waals surface area contributed by atoms with Crippen molar-refractivity contribution in [2.24, 2.45) is 0 Å². The van der Waals surface area contributed by atoms with Gasteiger partial charge in [0.2, 0.25) is 0 Å². The van der Waals surface area contributed by atoms with E-state index < -0.39 is 7.12 Å². The van der Waals surface area contributed by atoms with E-state index in [-0.39, 0.29) is 40.4 Å². The summed E-state index contributed by atoms with van der Waals surface area (Å²) in [7, 11) is -1.46. The van der Waals surface area contributed by atoms with E-state index in [9.17, 15) is 0 Å². The minimum atomic E-state index is -1.46. The predicted octanol–water partition coefficient (Wildman–Crippen LogP) is 11.8. The number of hydrogen-bond donors (Lipinski definition) is 0. The molecule has 11 nitrogen and oxygen atoms in total. The molecule has 0 aliphatic heterocycles. The largest absolute Gasteiger partial charge is 3.00 e. The van der Waals surface area contributed by atoms with Gasteiger partial charge in [-0.1, -0.05) is 151 Å². The van der Waals surface area contributed by atoms with Gasteiger partial charge in [-0.15, -0.1) is 11.4 Å². The molecule has 5 aromatic heterocycles. The van der Waals surface area contributed by atoms with Gasteiger partial charge in [0.05, 0.1) is 23.2 Å². The van der Waals surface area contributed by atoms with E-state index in [1.54, 1.807) is 6.07 Å². The van der Waals surface area contributed by atoms with Crippen molar-refractivity contribution in [1.82, 2.24) is 49.5 Å². The van der Waals surface area contributed by atoms with Gasteiger partial charge in [-0.05, 0) is 77.4 Å². The molecule has 5 rings (SSSR count). The molecular formula is C47H79BN11Sm. The molecule has 5 aromatic rings. The van der Waals surface area contributed by atoms with Gasteiger partial charge < -0.3 is 34.2 Å². The zero-order chi connectivity index (χ0) is 45.0. The van der Waals surface area contributed by atoms with Crippen LogP contribution in [0.1, 0.15) is 262 Å². The van der Waals surface area contributed by atoms with Crippen LogP contribution in [-0.2, 0) is 0 Å². The maximum atomic E-state index is 7.32. The van der Waals surface area contributed by atoms with Crippen LogP contribution in [0.15, 0.2) is 30.3 Å². The van der Waals surface area contributed by atoms with Crippen molar-refractivity contribution >= 4 is 7.12 Å². The zero-order valence-corrected chi connectivity index (χ0v) is 43.8. The molecular weight excluding hydrogens is 880 g/mol. The van der Waals surface area contributed by atoms with Gasteiger partial charge in [-0.25, -0.2) is 15.3 Å². The minimum Gasteiger partial charge on any atom is -0.578 e. The van der Waals surface area contributed by atoms with Crippen LogP contribution in [0.2, 0.25) is 0 Å². The second kappa shape index (κ2) is 25.2. The van der Waals surface area contributed by atoms with Gasteiger partial charge in [0.15, 0.2) is 0 Å². The quantitative estimate of drug-likeness (QED) is 0.107.